The summed E-state index contributed by atoms with van der Waals surface area (Å²) in [5.74, 6) is -0.316. The maximum absolute atomic E-state index is 13.0. The third kappa shape index (κ3) is 4.37. The Labute approximate surface area is 152 Å². The smallest absolute Gasteiger partial charge is 0.277 e. The van der Waals surface area contributed by atoms with Gasteiger partial charge in [0.05, 0.1) is 16.0 Å². The molecule has 0 aliphatic rings. The molecule has 1 amide bonds. The fourth-order valence-electron chi connectivity index (χ4n) is 1.97. The number of halogens is 2. The lowest BCUT2D eigenvalue weighted by Gasteiger charge is -2.10. The van der Waals surface area contributed by atoms with Crippen molar-refractivity contribution in [1.82, 2.24) is 10.2 Å². The number of nitrogens with one attached hydrogen (secondary N) is 1. The largest absolute Gasteiger partial charge is 0.411 e. The molecular weight excluding hydrogens is 365 g/mol. The average Bonchev–Trinajstić information content (AvgIpc) is 3.06. The van der Waals surface area contributed by atoms with E-state index < -0.39 is 5.25 Å². The number of carbonyl (C=O) groups excluding carboxylic acids is 1. The summed E-state index contributed by atoms with van der Waals surface area (Å²) in [5.41, 5.74) is 1.15. The number of hydrogen-bond donors (Lipinski definition) is 1. The van der Waals surface area contributed by atoms with Crippen molar-refractivity contribution in [1.29, 1.82) is 0 Å². The van der Waals surface area contributed by atoms with Gasteiger partial charge in [0.2, 0.25) is 11.8 Å². The Kier molecular flexibility index (Phi) is 5.35. The van der Waals surface area contributed by atoms with E-state index in [1.54, 1.807) is 43.3 Å². The zero-order valence-electron chi connectivity index (χ0n) is 13.1. The van der Waals surface area contributed by atoms with Crippen LogP contribution in [-0.4, -0.2) is 21.4 Å². The number of nitrogens with zero attached hydrogens (tertiary/aromatic N) is 2. The molecule has 0 saturated heterocycles. The molecule has 1 aromatic heterocycles. The topological polar surface area (TPSA) is 68.0 Å². The van der Waals surface area contributed by atoms with Crippen LogP contribution in [0.15, 0.2) is 58.2 Å². The minimum atomic E-state index is -0.474. The maximum atomic E-state index is 13.0. The number of thioether (sulfide) groups is 1. The van der Waals surface area contributed by atoms with Crippen molar-refractivity contribution in [2.45, 2.75) is 17.4 Å². The minimum Gasteiger partial charge on any atom is -0.411 e. The highest BCUT2D eigenvalue weighted by Gasteiger charge is 2.19. The molecule has 0 fully saturated rings. The van der Waals surface area contributed by atoms with Crippen molar-refractivity contribution in [3.63, 3.8) is 0 Å². The molecule has 0 aliphatic heterocycles. The van der Waals surface area contributed by atoms with Crippen LogP contribution in [0.5, 0.6) is 0 Å². The number of rotatable bonds is 5. The summed E-state index contributed by atoms with van der Waals surface area (Å²) in [7, 11) is 0. The first-order valence-corrected chi connectivity index (χ1v) is 8.60. The summed E-state index contributed by atoms with van der Waals surface area (Å²) in [6.45, 7) is 1.72. The van der Waals surface area contributed by atoms with Crippen molar-refractivity contribution < 1.29 is 13.6 Å². The molecule has 1 heterocycles. The first kappa shape index (κ1) is 17.4. The standard InChI is InChI=1S/C17H13ClFN3O2S/c1-10(15(23)20-14-5-3-2-4-13(14)18)25-17-22-21-16(24-17)11-6-8-12(19)9-7-11/h2-10H,1H3,(H,20,23)/t10-/m0/s1. The van der Waals surface area contributed by atoms with Gasteiger partial charge in [0, 0.05) is 5.56 Å². The molecule has 0 radical (unpaired) electrons. The monoisotopic (exact) mass is 377 g/mol. The second-order valence-corrected chi connectivity index (χ2v) is 6.81. The summed E-state index contributed by atoms with van der Waals surface area (Å²) < 4.78 is 18.5. The van der Waals surface area contributed by atoms with E-state index in [1.807, 2.05) is 0 Å². The molecule has 0 bridgehead atoms. The molecule has 0 aliphatic carbocycles. The molecule has 5 nitrogen and oxygen atoms in total. The quantitative estimate of drug-likeness (QED) is 0.655. The number of anilines is 1. The van der Waals surface area contributed by atoms with Gasteiger partial charge in [0.25, 0.3) is 5.22 Å². The van der Waals surface area contributed by atoms with E-state index in [0.29, 0.717) is 16.3 Å². The summed E-state index contributed by atoms with van der Waals surface area (Å²) in [6.07, 6.45) is 0. The molecule has 2 aromatic carbocycles. The zero-order valence-corrected chi connectivity index (χ0v) is 14.6. The molecule has 1 atom stereocenters. The Hall–Kier alpha value is -2.38. The van der Waals surface area contributed by atoms with Gasteiger partial charge in [-0.2, -0.15) is 0 Å². The van der Waals surface area contributed by atoms with Crippen LogP contribution >= 0.6 is 23.4 Å². The van der Waals surface area contributed by atoms with E-state index in [0.717, 1.165) is 11.8 Å². The van der Waals surface area contributed by atoms with Crippen molar-refractivity contribution in [2.24, 2.45) is 0 Å². The summed E-state index contributed by atoms with van der Waals surface area (Å²) in [4.78, 5) is 12.3. The van der Waals surface area contributed by atoms with Crippen LogP contribution in [0.2, 0.25) is 5.02 Å². The first-order valence-electron chi connectivity index (χ1n) is 7.34. The van der Waals surface area contributed by atoms with Crippen LogP contribution in [0.4, 0.5) is 10.1 Å². The van der Waals surface area contributed by atoms with Crippen LogP contribution in [-0.2, 0) is 4.79 Å². The van der Waals surface area contributed by atoms with Gasteiger partial charge in [0.15, 0.2) is 0 Å². The van der Waals surface area contributed by atoms with E-state index in [9.17, 15) is 9.18 Å². The molecule has 1 N–H and O–H groups in total. The number of para-hydroxylation sites is 1. The third-order valence-corrected chi connectivity index (χ3v) is 4.54. The van der Waals surface area contributed by atoms with E-state index in [-0.39, 0.29) is 22.8 Å². The van der Waals surface area contributed by atoms with E-state index in [2.05, 4.69) is 15.5 Å². The fraction of sp³-hybridized carbons (Fsp3) is 0.118. The Balaban J connectivity index is 1.65. The van der Waals surface area contributed by atoms with Gasteiger partial charge in [-0.1, -0.05) is 35.5 Å². The first-order chi connectivity index (χ1) is 12.0. The Morgan fingerprint density at radius 2 is 1.92 bits per heavy atom. The number of hydrogen-bond acceptors (Lipinski definition) is 5. The van der Waals surface area contributed by atoms with Gasteiger partial charge in [-0.3, -0.25) is 4.79 Å². The fourth-order valence-corrected chi connectivity index (χ4v) is 2.83. The molecule has 25 heavy (non-hydrogen) atoms. The van der Waals surface area contributed by atoms with Crippen LogP contribution < -0.4 is 5.32 Å². The highest BCUT2D eigenvalue weighted by Crippen LogP contribution is 2.28. The number of aromatic nitrogens is 2. The molecule has 0 saturated carbocycles. The summed E-state index contributed by atoms with van der Waals surface area (Å²) in [5, 5.41) is 10.8. The highest BCUT2D eigenvalue weighted by atomic mass is 35.5. The number of benzene rings is 2. The summed E-state index contributed by atoms with van der Waals surface area (Å²) >= 11 is 7.15. The van der Waals surface area contributed by atoms with Crippen molar-refractivity contribution in [3.05, 3.63) is 59.4 Å². The van der Waals surface area contributed by atoms with Gasteiger partial charge >= 0.3 is 0 Å². The van der Waals surface area contributed by atoms with E-state index in [4.69, 9.17) is 16.0 Å². The lowest BCUT2D eigenvalue weighted by atomic mass is 10.2. The lowest BCUT2D eigenvalue weighted by Crippen LogP contribution is -2.22. The van der Waals surface area contributed by atoms with Gasteiger partial charge in [-0.25, -0.2) is 4.39 Å². The van der Waals surface area contributed by atoms with Crippen LogP contribution in [0, 0.1) is 5.82 Å². The molecule has 3 rings (SSSR count). The highest BCUT2D eigenvalue weighted by molar-refractivity contribution is 8.00. The second kappa shape index (κ2) is 7.67. The maximum Gasteiger partial charge on any atom is 0.277 e. The molecule has 0 spiro atoms. The lowest BCUT2D eigenvalue weighted by molar-refractivity contribution is -0.115. The Bertz CT molecular complexity index is 886. The van der Waals surface area contributed by atoms with Crippen LogP contribution in [0.3, 0.4) is 0 Å². The van der Waals surface area contributed by atoms with Gasteiger partial charge in [-0.15, -0.1) is 10.2 Å². The predicted molar refractivity (Wildman–Crippen MR) is 95.1 cm³/mol. The van der Waals surface area contributed by atoms with Crippen molar-refractivity contribution >= 4 is 35.0 Å². The van der Waals surface area contributed by atoms with Crippen molar-refractivity contribution in [2.75, 3.05) is 5.32 Å². The second-order valence-electron chi connectivity index (χ2n) is 5.11. The van der Waals surface area contributed by atoms with Crippen molar-refractivity contribution in [3.8, 4) is 11.5 Å². The average molecular weight is 378 g/mol. The zero-order chi connectivity index (χ0) is 17.8. The van der Waals surface area contributed by atoms with Gasteiger partial charge in [0.1, 0.15) is 5.82 Å². The van der Waals surface area contributed by atoms with Gasteiger partial charge < -0.3 is 9.73 Å². The molecule has 0 unspecified atom stereocenters. The van der Waals surface area contributed by atoms with E-state index >= 15 is 0 Å². The molecule has 128 valence electrons. The van der Waals surface area contributed by atoms with Crippen LogP contribution in [0.25, 0.3) is 11.5 Å². The molecule has 8 heteroatoms. The summed E-state index contributed by atoms with van der Waals surface area (Å²) in [6, 6.07) is 12.7. The predicted octanol–water partition coefficient (Wildman–Crippen LogP) is 4.65. The van der Waals surface area contributed by atoms with Gasteiger partial charge in [-0.05, 0) is 43.3 Å². The Morgan fingerprint density at radius 1 is 1.20 bits per heavy atom. The van der Waals surface area contributed by atoms with Crippen LogP contribution in [0.1, 0.15) is 6.92 Å². The number of amides is 1. The third-order valence-electron chi connectivity index (χ3n) is 3.28. The minimum absolute atomic E-state index is 0.236. The van der Waals surface area contributed by atoms with E-state index in [1.165, 1.54) is 12.1 Å². The normalized spacial score (nSPS) is 12.0. The molecule has 3 aromatic rings. The Morgan fingerprint density at radius 3 is 2.64 bits per heavy atom. The SMILES string of the molecule is C[C@H](Sc1nnc(-c2ccc(F)cc2)o1)C(=O)Nc1ccccc1Cl. The number of carbonyl (C=O) groups is 1. The molecular formula is C17H13ClFN3O2S.